The van der Waals surface area contributed by atoms with Crippen molar-refractivity contribution >= 4 is 54.9 Å². The van der Waals surface area contributed by atoms with E-state index in [1.165, 1.54) is 33.4 Å². The van der Waals surface area contributed by atoms with Crippen molar-refractivity contribution in [1.29, 1.82) is 0 Å². The fourth-order valence-electron chi connectivity index (χ4n) is 5.29. The third-order valence-electron chi connectivity index (χ3n) is 7.44. The third-order valence-corrected chi connectivity index (χ3v) is 9.43. The molecular formula is C27H24Br2O4. The summed E-state index contributed by atoms with van der Waals surface area (Å²) in [5.74, 6) is -2.10. The molecule has 0 amide bonds. The number of alkyl halides is 1. The lowest BCUT2D eigenvalue weighted by Crippen LogP contribution is -2.25. The van der Waals surface area contributed by atoms with Crippen LogP contribution >= 0.6 is 31.9 Å². The molecule has 3 atom stereocenters. The van der Waals surface area contributed by atoms with E-state index in [1.807, 2.05) is 18.2 Å². The summed E-state index contributed by atoms with van der Waals surface area (Å²) >= 11 is 7.07. The first kappa shape index (κ1) is 22.6. The number of aryl methyl sites for hydroxylation is 2. The van der Waals surface area contributed by atoms with Gasteiger partial charge in [0.25, 0.3) is 0 Å². The van der Waals surface area contributed by atoms with E-state index in [0.29, 0.717) is 10.9 Å². The Kier molecular flexibility index (Phi) is 5.65. The van der Waals surface area contributed by atoms with E-state index in [1.54, 1.807) is 13.0 Å². The van der Waals surface area contributed by atoms with Crippen LogP contribution in [0.3, 0.4) is 0 Å². The van der Waals surface area contributed by atoms with E-state index in [-0.39, 0.29) is 4.83 Å². The predicted octanol–water partition coefficient (Wildman–Crippen LogP) is 6.45. The van der Waals surface area contributed by atoms with Crippen molar-refractivity contribution in [3.05, 3.63) is 80.4 Å². The number of carboxylic acid groups (broad SMARTS) is 2. The molecule has 0 aromatic heterocycles. The predicted molar refractivity (Wildman–Crippen MR) is 136 cm³/mol. The Morgan fingerprint density at radius 2 is 1.67 bits per heavy atom. The van der Waals surface area contributed by atoms with Crippen molar-refractivity contribution < 1.29 is 19.8 Å². The maximum atomic E-state index is 11.9. The SMILES string of the molecule is CC1(C(=O)O)C=CC2=C(C=C1Br)CCc1cc3c(cc12)CCC1=C3C=CC(Br)C(C(=O)O)C1. The number of hydrogen-bond acceptors (Lipinski definition) is 2. The maximum Gasteiger partial charge on any atom is 0.318 e. The number of carbonyl (C=O) groups is 2. The highest BCUT2D eigenvalue weighted by Gasteiger charge is 2.36. The van der Waals surface area contributed by atoms with Crippen LogP contribution in [0.2, 0.25) is 0 Å². The monoisotopic (exact) mass is 570 g/mol. The number of halogens is 2. The Bertz CT molecular complexity index is 1250. The zero-order chi connectivity index (χ0) is 23.5. The number of rotatable bonds is 2. The lowest BCUT2D eigenvalue weighted by Gasteiger charge is -2.27. The van der Waals surface area contributed by atoms with Gasteiger partial charge in [0.2, 0.25) is 0 Å². The second kappa shape index (κ2) is 8.24. The quantitative estimate of drug-likeness (QED) is 0.400. The molecule has 6 heteroatoms. The Morgan fingerprint density at radius 1 is 1.00 bits per heavy atom. The summed E-state index contributed by atoms with van der Waals surface area (Å²) in [6.45, 7) is 1.71. The van der Waals surface area contributed by atoms with Crippen molar-refractivity contribution in [2.75, 3.05) is 0 Å². The average molecular weight is 572 g/mol. The molecular weight excluding hydrogens is 548 g/mol. The van der Waals surface area contributed by atoms with Crippen LogP contribution in [0.25, 0.3) is 11.1 Å². The summed E-state index contributed by atoms with van der Waals surface area (Å²) < 4.78 is 0.667. The van der Waals surface area contributed by atoms with E-state index in [0.717, 1.165) is 36.8 Å². The second-order valence-electron chi connectivity index (χ2n) is 9.41. The molecule has 2 N–H and O–H groups in total. The van der Waals surface area contributed by atoms with Gasteiger partial charge in [-0.15, -0.1) is 0 Å². The second-order valence-corrected chi connectivity index (χ2v) is 11.3. The lowest BCUT2D eigenvalue weighted by molar-refractivity contribution is -0.143. The summed E-state index contributed by atoms with van der Waals surface area (Å²) in [5, 5.41) is 19.4. The molecule has 0 bridgehead atoms. The van der Waals surface area contributed by atoms with E-state index < -0.39 is 23.3 Å². The van der Waals surface area contributed by atoms with Crippen LogP contribution in [0, 0.1) is 11.3 Å². The number of fused-ring (bicyclic) bond motifs is 4. The molecule has 33 heavy (non-hydrogen) atoms. The fraction of sp³-hybridized carbons (Fsp3) is 0.333. The van der Waals surface area contributed by atoms with E-state index in [4.69, 9.17) is 0 Å². The first-order valence-electron chi connectivity index (χ1n) is 11.2. The summed E-state index contributed by atoms with van der Waals surface area (Å²) in [5.41, 5.74) is 8.50. The van der Waals surface area contributed by atoms with E-state index in [2.05, 4.69) is 50.1 Å². The largest absolute Gasteiger partial charge is 0.481 e. The molecule has 0 fully saturated rings. The van der Waals surface area contributed by atoms with Crippen LogP contribution in [0.1, 0.15) is 48.4 Å². The van der Waals surface area contributed by atoms with Gasteiger partial charge in [0, 0.05) is 9.31 Å². The van der Waals surface area contributed by atoms with Gasteiger partial charge in [-0.2, -0.15) is 0 Å². The summed E-state index contributed by atoms with van der Waals surface area (Å²) in [4.78, 5) is 23.5. The lowest BCUT2D eigenvalue weighted by atomic mass is 9.77. The number of hydrogen-bond donors (Lipinski definition) is 2. The Hall–Kier alpha value is -2.18. The molecule has 0 aliphatic heterocycles. The van der Waals surface area contributed by atoms with Gasteiger partial charge in [0.15, 0.2) is 0 Å². The van der Waals surface area contributed by atoms with Crippen molar-refractivity contribution in [2.45, 2.75) is 43.9 Å². The van der Waals surface area contributed by atoms with E-state index >= 15 is 0 Å². The molecule has 0 saturated carbocycles. The van der Waals surface area contributed by atoms with Crippen LogP contribution in [-0.2, 0) is 22.4 Å². The molecule has 0 saturated heterocycles. The fourth-order valence-corrected chi connectivity index (χ4v) is 6.43. The normalized spacial score (nSPS) is 28.2. The summed E-state index contributed by atoms with van der Waals surface area (Å²) in [6.07, 6.45) is 13.9. The van der Waals surface area contributed by atoms with Gasteiger partial charge in [-0.05, 0) is 84.1 Å². The summed E-state index contributed by atoms with van der Waals surface area (Å²) in [7, 11) is 0. The molecule has 4 aliphatic carbocycles. The minimum Gasteiger partial charge on any atom is -0.481 e. The first-order chi connectivity index (χ1) is 15.7. The molecule has 0 radical (unpaired) electrons. The standard InChI is InChI=1S/C27H24Br2O4/c1-27(26(32)33)9-8-19-17(13-24(27)29)5-4-16-10-20-15(11-21(16)19)3-2-14-12-22(25(30)31)23(28)7-6-18(14)20/h6-11,13,22-23H,2-5,12H2,1H3,(H,30,31)(H,32,33). The Morgan fingerprint density at radius 3 is 2.33 bits per heavy atom. The number of benzene rings is 1. The zero-order valence-corrected chi connectivity index (χ0v) is 21.4. The van der Waals surface area contributed by atoms with Gasteiger partial charge >= 0.3 is 11.9 Å². The Balaban J connectivity index is 1.60. The minimum atomic E-state index is -1.08. The van der Waals surface area contributed by atoms with Gasteiger partial charge in [0.1, 0.15) is 5.41 Å². The minimum absolute atomic E-state index is 0.181. The van der Waals surface area contributed by atoms with Gasteiger partial charge in [0.05, 0.1) is 5.92 Å². The van der Waals surface area contributed by atoms with Crippen LogP contribution in [0.5, 0.6) is 0 Å². The van der Waals surface area contributed by atoms with Crippen molar-refractivity contribution in [3.8, 4) is 0 Å². The van der Waals surface area contributed by atoms with Crippen molar-refractivity contribution in [3.63, 3.8) is 0 Å². The third kappa shape index (κ3) is 3.71. The van der Waals surface area contributed by atoms with Crippen molar-refractivity contribution in [2.24, 2.45) is 11.3 Å². The number of aliphatic carboxylic acids is 2. The molecule has 3 unspecified atom stereocenters. The van der Waals surface area contributed by atoms with Crippen LogP contribution in [-0.4, -0.2) is 27.0 Å². The van der Waals surface area contributed by atoms with Gasteiger partial charge in [-0.25, -0.2) is 0 Å². The summed E-state index contributed by atoms with van der Waals surface area (Å²) in [6, 6.07) is 4.56. The zero-order valence-electron chi connectivity index (χ0n) is 18.2. The molecule has 4 nitrogen and oxygen atoms in total. The smallest absolute Gasteiger partial charge is 0.318 e. The van der Waals surface area contributed by atoms with Gasteiger partial charge < -0.3 is 10.2 Å². The van der Waals surface area contributed by atoms with E-state index in [9.17, 15) is 19.8 Å². The molecule has 4 aliphatic rings. The number of carboxylic acids is 2. The van der Waals surface area contributed by atoms with Crippen LogP contribution < -0.4 is 0 Å². The van der Waals surface area contributed by atoms with Crippen molar-refractivity contribution in [1.82, 2.24) is 0 Å². The maximum absolute atomic E-state index is 11.9. The molecule has 170 valence electrons. The molecule has 0 spiro atoms. The first-order valence-corrected chi connectivity index (χ1v) is 12.9. The highest BCUT2D eigenvalue weighted by molar-refractivity contribution is 9.11. The van der Waals surface area contributed by atoms with Gasteiger partial charge in [-0.1, -0.05) is 73.9 Å². The van der Waals surface area contributed by atoms with Crippen LogP contribution in [0.15, 0.2) is 58.1 Å². The number of allylic oxidation sites excluding steroid dienone is 8. The van der Waals surface area contributed by atoms with Crippen LogP contribution in [0.4, 0.5) is 0 Å². The topological polar surface area (TPSA) is 74.6 Å². The molecule has 5 rings (SSSR count). The molecule has 1 aromatic rings. The Labute approximate surface area is 209 Å². The molecule has 0 heterocycles. The highest BCUT2D eigenvalue weighted by atomic mass is 79.9. The molecule has 1 aromatic carbocycles. The highest BCUT2D eigenvalue weighted by Crippen LogP contribution is 2.46. The van der Waals surface area contributed by atoms with Gasteiger partial charge in [-0.3, -0.25) is 9.59 Å². The average Bonchev–Trinajstić information content (AvgIpc) is 3.03.